The second-order valence-corrected chi connectivity index (χ2v) is 7.35. The number of hydrogen-bond donors (Lipinski definition) is 1. The van der Waals surface area contributed by atoms with E-state index in [4.69, 9.17) is 4.74 Å². The molecule has 4 rings (SSSR count). The maximum Gasteiger partial charge on any atom is 0.326 e. The summed E-state index contributed by atoms with van der Waals surface area (Å²) in [6.45, 7) is 0. The minimum atomic E-state index is -0.965. The van der Waals surface area contributed by atoms with E-state index in [1.807, 2.05) is 66.7 Å². The Bertz CT molecular complexity index is 1050. The van der Waals surface area contributed by atoms with Gasteiger partial charge in [-0.2, -0.15) is 0 Å². The third kappa shape index (κ3) is 3.66. The molecule has 3 aromatic rings. The van der Waals surface area contributed by atoms with Gasteiger partial charge in [0.05, 0.1) is 13.2 Å². The zero-order valence-electron chi connectivity index (χ0n) is 16.7. The maximum atomic E-state index is 13.4. The van der Waals surface area contributed by atoms with E-state index in [-0.39, 0.29) is 11.9 Å². The van der Waals surface area contributed by atoms with Crippen LogP contribution in [0.5, 0.6) is 5.75 Å². The zero-order chi connectivity index (χ0) is 21.1. The first-order valence-electron chi connectivity index (χ1n) is 9.94. The molecule has 0 radical (unpaired) electrons. The standard InChI is InChI=1S/C25H23NO4/c1-30-23-10-6-5-9-20(23)17-11-13-19(14-12-17)24(27)26-21(15-16-22(26)25(28)29)18-7-3-2-4-8-18/h2-14,21-22H,15-16H2,1H3,(H,28,29)/t21?,22-/m0/s1. The summed E-state index contributed by atoms with van der Waals surface area (Å²) in [5.74, 6) is -0.473. The Morgan fingerprint density at radius 1 is 0.900 bits per heavy atom. The number of hydrogen-bond acceptors (Lipinski definition) is 3. The zero-order valence-corrected chi connectivity index (χ0v) is 16.7. The number of nitrogens with zero attached hydrogens (tertiary/aromatic N) is 1. The number of likely N-dealkylation sites (tertiary alicyclic amines) is 1. The van der Waals surface area contributed by atoms with Crippen molar-refractivity contribution in [1.29, 1.82) is 0 Å². The van der Waals surface area contributed by atoms with Crippen molar-refractivity contribution in [3.8, 4) is 16.9 Å². The Kier molecular flexibility index (Phi) is 5.53. The molecule has 1 heterocycles. The van der Waals surface area contributed by atoms with Crippen molar-refractivity contribution in [1.82, 2.24) is 4.90 Å². The summed E-state index contributed by atoms with van der Waals surface area (Å²) in [4.78, 5) is 26.7. The van der Waals surface area contributed by atoms with Crippen LogP contribution >= 0.6 is 0 Å². The van der Waals surface area contributed by atoms with E-state index in [9.17, 15) is 14.7 Å². The quantitative estimate of drug-likeness (QED) is 0.667. The minimum absolute atomic E-state index is 0.242. The molecule has 5 heteroatoms. The summed E-state index contributed by atoms with van der Waals surface area (Å²) < 4.78 is 5.42. The SMILES string of the molecule is COc1ccccc1-c1ccc(C(=O)N2C(c3ccccc3)CC[C@H]2C(=O)O)cc1. The molecule has 30 heavy (non-hydrogen) atoms. The Labute approximate surface area is 175 Å². The monoisotopic (exact) mass is 401 g/mol. The van der Waals surface area contributed by atoms with Crippen molar-refractivity contribution in [3.05, 3.63) is 90.0 Å². The fraction of sp³-hybridized carbons (Fsp3) is 0.200. The number of para-hydroxylation sites is 1. The fourth-order valence-corrected chi connectivity index (χ4v) is 4.16. The van der Waals surface area contributed by atoms with Crippen LogP contribution in [-0.2, 0) is 4.79 Å². The fourth-order valence-electron chi connectivity index (χ4n) is 4.16. The third-order valence-corrected chi connectivity index (χ3v) is 5.64. The highest BCUT2D eigenvalue weighted by molar-refractivity contribution is 5.97. The van der Waals surface area contributed by atoms with Gasteiger partial charge >= 0.3 is 5.97 Å². The molecule has 1 amide bonds. The highest BCUT2D eigenvalue weighted by atomic mass is 16.5. The molecule has 5 nitrogen and oxygen atoms in total. The van der Waals surface area contributed by atoms with Crippen molar-refractivity contribution < 1.29 is 19.4 Å². The van der Waals surface area contributed by atoms with Gasteiger partial charge in [0, 0.05) is 11.1 Å². The molecule has 0 aromatic heterocycles. The molecule has 1 aliphatic rings. The van der Waals surface area contributed by atoms with Crippen LogP contribution in [0.25, 0.3) is 11.1 Å². The number of carboxylic acid groups (broad SMARTS) is 1. The average molecular weight is 401 g/mol. The predicted octanol–water partition coefficient (Wildman–Crippen LogP) is 4.79. The van der Waals surface area contributed by atoms with E-state index in [2.05, 4.69) is 0 Å². The molecule has 0 bridgehead atoms. The Balaban J connectivity index is 1.65. The largest absolute Gasteiger partial charge is 0.496 e. The number of carbonyl (C=O) groups is 2. The number of benzene rings is 3. The summed E-state index contributed by atoms with van der Waals surface area (Å²) in [5, 5.41) is 9.69. The van der Waals surface area contributed by atoms with E-state index in [1.165, 1.54) is 4.90 Å². The van der Waals surface area contributed by atoms with Gasteiger partial charge < -0.3 is 14.7 Å². The highest BCUT2D eigenvalue weighted by Crippen LogP contribution is 2.38. The molecule has 0 saturated carbocycles. The van der Waals surface area contributed by atoms with Crippen LogP contribution in [0.15, 0.2) is 78.9 Å². The number of carbonyl (C=O) groups excluding carboxylic acids is 1. The second-order valence-electron chi connectivity index (χ2n) is 7.35. The van der Waals surface area contributed by atoms with Gasteiger partial charge in [0.2, 0.25) is 0 Å². The molecule has 3 aromatic carbocycles. The van der Waals surface area contributed by atoms with Crippen LogP contribution in [0.4, 0.5) is 0 Å². The van der Waals surface area contributed by atoms with Crippen molar-refractivity contribution in [2.45, 2.75) is 24.9 Å². The first-order chi connectivity index (χ1) is 14.6. The third-order valence-electron chi connectivity index (χ3n) is 5.64. The lowest BCUT2D eigenvalue weighted by Gasteiger charge is -2.29. The molecule has 1 aliphatic heterocycles. The van der Waals surface area contributed by atoms with Crippen LogP contribution < -0.4 is 4.74 Å². The predicted molar refractivity (Wildman–Crippen MR) is 114 cm³/mol. The van der Waals surface area contributed by atoms with E-state index in [0.29, 0.717) is 18.4 Å². The van der Waals surface area contributed by atoms with Crippen LogP contribution in [-0.4, -0.2) is 35.0 Å². The van der Waals surface area contributed by atoms with Crippen LogP contribution in [0, 0.1) is 0 Å². The first-order valence-corrected chi connectivity index (χ1v) is 9.94. The van der Waals surface area contributed by atoms with Gasteiger partial charge in [-0.25, -0.2) is 4.79 Å². The average Bonchev–Trinajstić information content (AvgIpc) is 3.25. The van der Waals surface area contributed by atoms with E-state index in [1.54, 1.807) is 19.2 Å². The van der Waals surface area contributed by atoms with Gasteiger partial charge in [0.15, 0.2) is 0 Å². The lowest BCUT2D eigenvalue weighted by atomic mass is 10.0. The van der Waals surface area contributed by atoms with Gasteiger partial charge in [-0.1, -0.05) is 60.7 Å². The number of rotatable bonds is 5. The summed E-state index contributed by atoms with van der Waals surface area (Å²) in [6.07, 6.45) is 1.08. The first kappa shape index (κ1) is 19.7. The number of carboxylic acids is 1. The molecular formula is C25H23NO4. The number of ether oxygens (including phenoxy) is 1. The molecule has 1 fully saturated rings. The summed E-state index contributed by atoms with van der Waals surface area (Å²) in [5.41, 5.74) is 3.30. The Morgan fingerprint density at radius 2 is 1.57 bits per heavy atom. The number of methoxy groups -OCH3 is 1. The van der Waals surface area contributed by atoms with E-state index < -0.39 is 12.0 Å². The smallest absolute Gasteiger partial charge is 0.326 e. The van der Waals surface area contributed by atoms with E-state index >= 15 is 0 Å². The Hall–Kier alpha value is -3.60. The van der Waals surface area contributed by atoms with E-state index in [0.717, 1.165) is 22.4 Å². The molecular weight excluding hydrogens is 378 g/mol. The maximum absolute atomic E-state index is 13.4. The lowest BCUT2D eigenvalue weighted by Crippen LogP contribution is -2.41. The molecule has 2 atom stereocenters. The van der Waals surface area contributed by atoms with Gasteiger partial charge in [0.25, 0.3) is 5.91 Å². The number of aliphatic carboxylic acids is 1. The topological polar surface area (TPSA) is 66.8 Å². The Morgan fingerprint density at radius 3 is 2.23 bits per heavy atom. The molecule has 1 N–H and O–H groups in total. The molecule has 1 saturated heterocycles. The highest BCUT2D eigenvalue weighted by Gasteiger charge is 2.41. The van der Waals surface area contributed by atoms with Crippen molar-refractivity contribution in [2.75, 3.05) is 7.11 Å². The minimum Gasteiger partial charge on any atom is -0.496 e. The second kappa shape index (κ2) is 8.41. The molecule has 1 unspecified atom stereocenters. The molecule has 0 aliphatic carbocycles. The summed E-state index contributed by atoms with van der Waals surface area (Å²) >= 11 is 0. The van der Waals surface area contributed by atoms with Gasteiger partial charge in [0.1, 0.15) is 11.8 Å². The van der Waals surface area contributed by atoms with Crippen LogP contribution in [0.2, 0.25) is 0 Å². The molecule has 152 valence electrons. The molecule has 0 spiro atoms. The summed E-state index contributed by atoms with van der Waals surface area (Å²) in [6, 6.07) is 23.5. The van der Waals surface area contributed by atoms with Gasteiger partial charge in [-0.15, -0.1) is 0 Å². The lowest BCUT2D eigenvalue weighted by molar-refractivity contribution is -0.141. The number of amides is 1. The van der Waals surface area contributed by atoms with Gasteiger partial charge in [-0.05, 0) is 42.2 Å². The van der Waals surface area contributed by atoms with Crippen molar-refractivity contribution in [3.63, 3.8) is 0 Å². The van der Waals surface area contributed by atoms with Crippen molar-refractivity contribution >= 4 is 11.9 Å². The van der Waals surface area contributed by atoms with Crippen LogP contribution in [0.3, 0.4) is 0 Å². The van der Waals surface area contributed by atoms with Crippen LogP contribution in [0.1, 0.15) is 34.8 Å². The van der Waals surface area contributed by atoms with Crippen molar-refractivity contribution in [2.24, 2.45) is 0 Å². The summed E-state index contributed by atoms with van der Waals surface area (Å²) in [7, 11) is 1.62. The van der Waals surface area contributed by atoms with Gasteiger partial charge in [-0.3, -0.25) is 4.79 Å². The normalized spacial score (nSPS) is 18.2.